The molecule has 0 spiro atoms. The maximum absolute atomic E-state index is 13.0. The first kappa shape index (κ1) is 19.9. The average molecular weight is 371 g/mol. The summed E-state index contributed by atoms with van der Waals surface area (Å²) in [5.74, 6) is 1.53. The second kappa shape index (κ2) is 8.42. The lowest BCUT2D eigenvalue weighted by Gasteiger charge is -2.36. The summed E-state index contributed by atoms with van der Waals surface area (Å²) in [4.78, 5) is 22.3. The predicted molar refractivity (Wildman–Crippen MR) is 111 cm³/mol. The Bertz CT molecular complexity index is 780. The molecule has 1 aromatic carbocycles. The minimum Gasteiger partial charge on any atom is -0.340 e. The van der Waals surface area contributed by atoms with Crippen LogP contribution in [-0.2, 0) is 11.3 Å². The van der Waals surface area contributed by atoms with E-state index in [9.17, 15) is 4.79 Å². The molecule has 3 rings (SSSR count). The molecule has 1 saturated heterocycles. The van der Waals surface area contributed by atoms with E-state index in [0.717, 1.165) is 50.4 Å². The average Bonchev–Trinajstić information content (AvgIpc) is 3.00. The van der Waals surface area contributed by atoms with Crippen LogP contribution in [0.2, 0.25) is 0 Å². The Hall–Kier alpha value is -1.88. The fourth-order valence-corrected chi connectivity index (χ4v) is 4.39. The molecule has 0 N–H and O–H groups in total. The van der Waals surface area contributed by atoms with Gasteiger partial charge in [0.05, 0.1) is 23.5 Å². The van der Waals surface area contributed by atoms with Gasteiger partial charge in [-0.1, -0.05) is 12.1 Å². The van der Waals surface area contributed by atoms with Gasteiger partial charge in [0.2, 0.25) is 5.91 Å². The first-order chi connectivity index (χ1) is 12.9. The van der Waals surface area contributed by atoms with E-state index in [2.05, 4.69) is 62.3 Å². The molecule has 27 heavy (non-hydrogen) atoms. The van der Waals surface area contributed by atoms with Crippen molar-refractivity contribution in [2.24, 2.45) is 5.92 Å². The van der Waals surface area contributed by atoms with E-state index in [-0.39, 0.29) is 12.0 Å². The van der Waals surface area contributed by atoms with E-state index < -0.39 is 0 Å². The van der Waals surface area contributed by atoms with Gasteiger partial charge in [0.1, 0.15) is 5.82 Å². The van der Waals surface area contributed by atoms with Crippen LogP contribution in [0, 0.1) is 5.92 Å². The lowest BCUT2D eigenvalue weighted by Crippen LogP contribution is -2.47. The normalized spacial score (nSPS) is 18.6. The Morgan fingerprint density at radius 3 is 2.67 bits per heavy atom. The first-order valence-corrected chi connectivity index (χ1v) is 10.4. The SMILES string of the molecule is CCN(C(=O)[C@@H]1CCCN(Cc2nc3ccccc3n2C(C)C)C1)C(C)C. The highest BCUT2D eigenvalue weighted by molar-refractivity contribution is 5.79. The van der Waals surface area contributed by atoms with Crippen molar-refractivity contribution in [3.05, 3.63) is 30.1 Å². The highest BCUT2D eigenvalue weighted by Gasteiger charge is 2.30. The van der Waals surface area contributed by atoms with Crippen LogP contribution in [-0.4, -0.2) is 50.9 Å². The van der Waals surface area contributed by atoms with Crippen LogP contribution in [0.15, 0.2) is 24.3 Å². The molecule has 0 saturated carbocycles. The van der Waals surface area contributed by atoms with Gasteiger partial charge in [-0.05, 0) is 66.1 Å². The Morgan fingerprint density at radius 1 is 1.26 bits per heavy atom. The first-order valence-electron chi connectivity index (χ1n) is 10.4. The van der Waals surface area contributed by atoms with Crippen LogP contribution in [0.3, 0.4) is 0 Å². The third-order valence-corrected chi connectivity index (χ3v) is 5.65. The fourth-order valence-electron chi connectivity index (χ4n) is 4.39. The van der Waals surface area contributed by atoms with E-state index in [1.165, 1.54) is 5.52 Å². The van der Waals surface area contributed by atoms with Gasteiger partial charge in [0.25, 0.3) is 0 Å². The number of hydrogen-bond donors (Lipinski definition) is 0. The van der Waals surface area contributed by atoms with Crippen LogP contribution in [0.5, 0.6) is 0 Å². The Morgan fingerprint density at radius 2 is 2.00 bits per heavy atom. The number of nitrogens with zero attached hydrogens (tertiary/aromatic N) is 4. The summed E-state index contributed by atoms with van der Waals surface area (Å²) >= 11 is 0. The van der Waals surface area contributed by atoms with Gasteiger partial charge in [-0.25, -0.2) is 4.98 Å². The second-order valence-electron chi connectivity index (χ2n) is 8.27. The molecular weight excluding hydrogens is 336 g/mol. The number of amides is 1. The molecule has 1 aromatic heterocycles. The molecule has 1 aliphatic rings. The van der Waals surface area contributed by atoms with Gasteiger partial charge >= 0.3 is 0 Å². The number of carbonyl (C=O) groups is 1. The highest BCUT2D eigenvalue weighted by atomic mass is 16.2. The number of rotatable bonds is 6. The number of imidazole rings is 1. The lowest BCUT2D eigenvalue weighted by molar-refractivity contribution is -0.139. The largest absolute Gasteiger partial charge is 0.340 e. The number of benzene rings is 1. The van der Waals surface area contributed by atoms with Crippen molar-refractivity contribution < 1.29 is 4.79 Å². The van der Waals surface area contributed by atoms with E-state index in [0.29, 0.717) is 11.9 Å². The summed E-state index contributed by atoms with van der Waals surface area (Å²) in [7, 11) is 0. The summed E-state index contributed by atoms with van der Waals surface area (Å²) in [5, 5.41) is 0. The van der Waals surface area contributed by atoms with Crippen molar-refractivity contribution in [2.75, 3.05) is 19.6 Å². The maximum atomic E-state index is 13.0. The smallest absolute Gasteiger partial charge is 0.227 e. The monoisotopic (exact) mass is 370 g/mol. The van der Waals surface area contributed by atoms with Crippen molar-refractivity contribution in [2.45, 2.75) is 66.1 Å². The number of hydrogen-bond acceptors (Lipinski definition) is 3. The van der Waals surface area contributed by atoms with Gasteiger partial charge < -0.3 is 9.47 Å². The molecule has 0 aliphatic carbocycles. The van der Waals surface area contributed by atoms with Crippen molar-refractivity contribution in [3.8, 4) is 0 Å². The number of piperidine rings is 1. The Kier molecular flexibility index (Phi) is 6.20. The zero-order valence-electron chi connectivity index (χ0n) is 17.5. The predicted octanol–water partition coefficient (Wildman–Crippen LogP) is 4.09. The van der Waals surface area contributed by atoms with Crippen molar-refractivity contribution in [3.63, 3.8) is 0 Å². The minimum atomic E-state index is 0.109. The van der Waals surface area contributed by atoms with Crippen LogP contribution < -0.4 is 0 Å². The molecule has 5 nitrogen and oxygen atoms in total. The number of aromatic nitrogens is 2. The molecule has 1 fully saturated rings. The third kappa shape index (κ3) is 4.18. The molecule has 0 bridgehead atoms. The summed E-state index contributed by atoms with van der Waals surface area (Å²) in [6.45, 7) is 14.2. The minimum absolute atomic E-state index is 0.109. The molecule has 1 atom stereocenters. The molecular formula is C22H34N4O. The highest BCUT2D eigenvalue weighted by Crippen LogP contribution is 2.25. The molecule has 0 radical (unpaired) electrons. The quantitative estimate of drug-likeness (QED) is 0.769. The molecule has 1 amide bonds. The fraction of sp³-hybridized carbons (Fsp3) is 0.636. The summed E-state index contributed by atoms with van der Waals surface area (Å²) in [6.07, 6.45) is 2.08. The van der Waals surface area contributed by atoms with E-state index in [1.807, 2.05) is 11.0 Å². The van der Waals surface area contributed by atoms with Crippen molar-refractivity contribution in [1.29, 1.82) is 0 Å². The standard InChI is InChI=1S/C22H34N4O/c1-6-25(16(2)3)22(27)18-10-9-13-24(14-18)15-21-23-19-11-7-8-12-20(19)26(21)17(4)5/h7-8,11-12,16-18H,6,9-10,13-15H2,1-5H3/t18-/m1/s1. The number of likely N-dealkylation sites (tertiary alicyclic amines) is 1. The molecule has 2 heterocycles. The summed E-state index contributed by atoms with van der Waals surface area (Å²) in [5.41, 5.74) is 2.26. The number of carbonyl (C=O) groups excluding carboxylic acids is 1. The number of para-hydroxylation sites is 2. The zero-order chi connectivity index (χ0) is 19.6. The molecule has 0 unspecified atom stereocenters. The van der Waals surface area contributed by atoms with E-state index in [1.54, 1.807) is 0 Å². The van der Waals surface area contributed by atoms with Gasteiger partial charge in [0.15, 0.2) is 0 Å². The summed E-state index contributed by atoms with van der Waals surface area (Å²) in [6, 6.07) is 8.99. The van der Waals surface area contributed by atoms with E-state index in [4.69, 9.17) is 4.98 Å². The maximum Gasteiger partial charge on any atom is 0.227 e. The van der Waals surface area contributed by atoms with Gasteiger partial charge in [0, 0.05) is 25.2 Å². The van der Waals surface area contributed by atoms with E-state index >= 15 is 0 Å². The lowest BCUT2D eigenvalue weighted by atomic mass is 9.96. The molecule has 5 heteroatoms. The second-order valence-corrected chi connectivity index (χ2v) is 8.27. The van der Waals surface area contributed by atoms with Gasteiger partial charge in [-0.15, -0.1) is 0 Å². The van der Waals surface area contributed by atoms with Gasteiger partial charge in [-0.3, -0.25) is 9.69 Å². The third-order valence-electron chi connectivity index (χ3n) is 5.65. The zero-order valence-corrected chi connectivity index (χ0v) is 17.5. The van der Waals surface area contributed by atoms with Crippen LogP contribution in [0.4, 0.5) is 0 Å². The Balaban J connectivity index is 1.77. The van der Waals surface area contributed by atoms with Crippen LogP contribution in [0.25, 0.3) is 11.0 Å². The van der Waals surface area contributed by atoms with Crippen molar-refractivity contribution >= 4 is 16.9 Å². The van der Waals surface area contributed by atoms with Crippen molar-refractivity contribution in [1.82, 2.24) is 19.4 Å². The molecule has 2 aromatic rings. The summed E-state index contributed by atoms with van der Waals surface area (Å²) < 4.78 is 2.34. The Labute approximate surface area is 163 Å². The molecule has 148 valence electrons. The van der Waals surface area contributed by atoms with Gasteiger partial charge in [-0.2, -0.15) is 0 Å². The topological polar surface area (TPSA) is 41.4 Å². The van der Waals surface area contributed by atoms with Crippen LogP contribution >= 0.6 is 0 Å². The van der Waals surface area contributed by atoms with Crippen LogP contribution in [0.1, 0.15) is 59.3 Å². The number of fused-ring (bicyclic) bond motifs is 1. The molecule has 1 aliphatic heterocycles.